The van der Waals surface area contributed by atoms with E-state index in [1.54, 1.807) is 0 Å². The van der Waals surface area contributed by atoms with Crippen LogP contribution in [-0.4, -0.2) is 30.0 Å². The molecule has 1 aliphatic heterocycles. The van der Waals surface area contributed by atoms with E-state index in [4.69, 9.17) is 0 Å². The van der Waals surface area contributed by atoms with E-state index < -0.39 is 0 Å². The summed E-state index contributed by atoms with van der Waals surface area (Å²) in [6, 6.07) is 8.49. The van der Waals surface area contributed by atoms with E-state index in [0.717, 1.165) is 25.1 Å². The minimum atomic E-state index is -0.0911. The number of carbonyl (C=O) groups is 1. The fourth-order valence-corrected chi connectivity index (χ4v) is 2.94. The van der Waals surface area contributed by atoms with Gasteiger partial charge >= 0.3 is 0 Å². The molecule has 0 aliphatic carbocycles. The van der Waals surface area contributed by atoms with Crippen molar-refractivity contribution in [2.24, 2.45) is 0 Å². The molecule has 0 saturated heterocycles. The molecule has 1 aliphatic rings. The molecule has 0 radical (unpaired) electrons. The van der Waals surface area contributed by atoms with Crippen molar-refractivity contribution in [3.8, 4) is 0 Å². The van der Waals surface area contributed by atoms with Gasteiger partial charge in [0, 0.05) is 12.6 Å². The van der Waals surface area contributed by atoms with Crippen molar-refractivity contribution in [3.05, 3.63) is 35.4 Å². The van der Waals surface area contributed by atoms with Crippen LogP contribution < -0.4 is 10.6 Å². The van der Waals surface area contributed by atoms with Crippen LogP contribution in [0.1, 0.15) is 24.5 Å². The van der Waals surface area contributed by atoms with Crippen molar-refractivity contribution in [2.75, 3.05) is 12.0 Å². The molecule has 4 heteroatoms. The van der Waals surface area contributed by atoms with Gasteiger partial charge in [-0.05, 0) is 42.9 Å². The molecule has 3 nitrogen and oxygen atoms in total. The van der Waals surface area contributed by atoms with Gasteiger partial charge in [0.2, 0.25) is 5.91 Å². The molecule has 1 heterocycles. The summed E-state index contributed by atoms with van der Waals surface area (Å²) < 4.78 is 0. The lowest BCUT2D eigenvalue weighted by Crippen LogP contribution is -2.49. The van der Waals surface area contributed by atoms with Gasteiger partial charge in [-0.2, -0.15) is 11.8 Å². The zero-order valence-corrected chi connectivity index (χ0v) is 12.4. The first-order chi connectivity index (χ1) is 9.20. The van der Waals surface area contributed by atoms with Crippen LogP contribution in [0.4, 0.5) is 0 Å². The summed E-state index contributed by atoms with van der Waals surface area (Å²) in [6.07, 6.45) is 3.90. The monoisotopic (exact) mass is 278 g/mol. The summed E-state index contributed by atoms with van der Waals surface area (Å²) in [5.74, 6) is 1.21. The first-order valence-electron chi connectivity index (χ1n) is 6.80. The summed E-state index contributed by atoms with van der Waals surface area (Å²) >= 11 is 1.82. The number of carbonyl (C=O) groups excluding carboxylic acids is 1. The van der Waals surface area contributed by atoms with Crippen LogP contribution in [0.2, 0.25) is 0 Å². The summed E-state index contributed by atoms with van der Waals surface area (Å²) in [4.78, 5) is 12.2. The van der Waals surface area contributed by atoms with Crippen molar-refractivity contribution in [1.82, 2.24) is 10.6 Å². The topological polar surface area (TPSA) is 41.1 Å². The van der Waals surface area contributed by atoms with Crippen LogP contribution in [0.3, 0.4) is 0 Å². The number of nitrogens with one attached hydrogen (secondary N) is 2. The quantitative estimate of drug-likeness (QED) is 0.865. The SMILES string of the molecule is CSCCC(C)NC(=O)C1Cc2ccccc2CN1. The Bertz CT molecular complexity index is 436. The molecule has 2 unspecified atom stereocenters. The summed E-state index contributed by atoms with van der Waals surface area (Å²) in [6.45, 7) is 2.86. The average Bonchev–Trinajstić information content (AvgIpc) is 2.44. The number of fused-ring (bicyclic) bond motifs is 1. The maximum atomic E-state index is 12.2. The van der Waals surface area contributed by atoms with Crippen LogP contribution in [0.15, 0.2) is 24.3 Å². The molecule has 1 aromatic carbocycles. The van der Waals surface area contributed by atoms with Crippen LogP contribution in [0, 0.1) is 0 Å². The van der Waals surface area contributed by atoms with Gasteiger partial charge in [0.15, 0.2) is 0 Å². The normalized spacial score (nSPS) is 19.6. The second-order valence-electron chi connectivity index (χ2n) is 5.10. The molecule has 1 amide bonds. The van der Waals surface area contributed by atoms with Gasteiger partial charge in [0.25, 0.3) is 0 Å². The minimum Gasteiger partial charge on any atom is -0.352 e. The van der Waals surface area contributed by atoms with Crippen LogP contribution >= 0.6 is 11.8 Å². The van der Waals surface area contributed by atoms with Gasteiger partial charge < -0.3 is 10.6 Å². The predicted octanol–water partition coefficient (Wildman–Crippen LogP) is 1.96. The van der Waals surface area contributed by atoms with Crippen LogP contribution in [0.5, 0.6) is 0 Å². The van der Waals surface area contributed by atoms with Gasteiger partial charge in [-0.3, -0.25) is 4.79 Å². The predicted molar refractivity (Wildman–Crippen MR) is 81.4 cm³/mol. The van der Waals surface area contributed by atoms with Crippen molar-refractivity contribution >= 4 is 17.7 Å². The largest absolute Gasteiger partial charge is 0.352 e. The van der Waals surface area contributed by atoms with Crippen molar-refractivity contribution < 1.29 is 4.79 Å². The molecular formula is C15H22N2OS. The van der Waals surface area contributed by atoms with Gasteiger partial charge in [-0.1, -0.05) is 24.3 Å². The smallest absolute Gasteiger partial charge is 0.237 e. The van der Waals surface area contributed by atoms with Crippen LogP contribution in [-0.2, 0) is 17.8 Å². The Kier molecular flexibility index (Phi) is 5.28. The average molecular weight is 278 g/mol. The van der Waals surface area contributed by atoms with E-state index in [0.29, 0.717) is 0 Å². The molecule has 0 bridgehead atoms. The van der Waals surface area contributed by atoms with Crippen molar-refractivity contribution in [1.29, 1.82) is 0 Å². The second kappa shape index (κ2) is 6.96. The third-order valence-electron chi connectivity index (χ3n) is 3.54. The van der Waals surface area contributed by atoms with Crippen molar-refractivity contribution in [2.45, 2.75) is 38.4 Å². The summed E-state index contributed by atoms with van der Waals surface area (Å²) in [5.41, 5.74) is 2.60. The molecule has 0 fully saturated rings. The summed E-state index contributed by atoms with van der Waals surface area (Å²) in [7, 11) is 0. The molecular weight excluding hydrogens is 256 g/mol. The van der Waals surface area contributed by atoms with Gasteiger partial charge in [-0.25, -0.2) is 0 Å². The standard InChI is InChI=1S/C15H22N2OS/c1-11(7-8-19-2)17-15(18)14-9-12-5-3-4-6-13(12)10-16-14/h3-6,11,14,16H,7-10H2,1-2H3,(H,17,18). The highest BCUT2D eigenvalue weighted by Gasteiger charge is 2.24. The molecule has 0 spiro atoms. The Morgan fingerprint density at radius 3 is 2.95 bits per heavy atom. The lowest BCUT2D eigenvalue weighted by molar-refractivity contribution is -0.123. The van der Waals surface area contributed by atoms with Gasteiger partial charge in [0.1, 0.15) is 0 Å². The zero-order chi connectivity index (χ0) is 13.7. The number of hydrogen-bond donors (Lipinski definition) is 2. The maximum Gasteiger partial charge on any atom is 0.237 e. The van der Waals surface area contributed by atoms with Crippen molar-refractivity contribution in [3.63, 3.8) is 0 Å². The zero-order valence-electron chi connectivity index (χ0n) is 11.6. The van der Waals surface area contributed by atoms with E-state index in [9.17, 15) is 4.79 Å². The third-order valence-corrected chi connectivity index (χ3v) is 4.19. The molecule has 19 heavy (non-hydrogen) atoms. The Hall–Kier alpha value is -1.00. The van der Waals surface area contributed by atoms with E-state index in [1.165, 1.54) is 11.1 Å². The number of amides is 1. The molecule has 2 rings (SSSR count). The van der Waals surface area contributed by atoms with Gasteiger partial charge in [-0.15, -0.1) is 0 Å². The summed E-state index contributed by atoms with van der Waals surface area (Å²) in [5, 5.41) is 6.42. The fourth-order valence-electron chi connectivity index (χ4n) is 2.35. The van der Waals surface area contributed by atoms with E-state index in [1.807, 2.05) is 23.9 Å². The highest BCUT2D eigenvalue weighted by molar-refractivity contribution is 7.98. The molecule has 104 valence electrons. The third kappa shape index (κ3) is 3.98. The Labute approximate surface area is 119 Å². The lowest BCUT2D eigenvalue weighted by Gasteiger charge is -2.26. The fraction of sp³-hybridized carbons (Fsp3) is 0.533. The Balaban J connectivity index is 1.88. The lowest BCUT2D eigenvalue weighted by atomic mass is 9.95. The molecule has 0 saturated carbocycles. The van der Waals surface area contributed by atoms with Gasteiger partial charge in [0.05, 0.1) is 6.04 Å². The van der Waals surface area contributed by atoms with E-state index in [2.05, 4.69) is 35.9 Å². The second-order valence-corrected chi connectivity index (χ2v) is 6.08. The number of thioether (sulfide) groups is 1. The number of hydrogen-bond acceptors (Lipinski definition) is 3. The molecule has 1 aromatic rings. The van der Waals surface area contributed by atoms with Crippen LogP contribution in [0.25, 0.3) is 0 Å². The first-order valence-corrected chi connectivity index (χ1v) is 8.19. The number of rotatable bonds is 5. The molecule has 2 N–H and O–H groups in total. The highest BCUT2D eigenvalue weighted by Crippen LogP contribution is 2.16. The Morgan fingerprint density at radius 2 is 2.21 bits per heavy atom. The number of benzene rings is 1. The van der Waals surface area contributed by atoms with E-state index >= 15 is 0 Å². The highest BCUT2D eigenvalue weighted by atomic mass is 32.2. The first kappa shape index (κ1) is 14.4. The Morgan fingerprint density at radius 1 is 1.47 bits per heavy atom. The maximum absolute atomic E-state index is 12.2. The molecule has 2 atom stereocenters. The molecule has 0 aromatic heterocycles. The van der Waals surface area contributed by atoms with E-state index in [-0.39, 0.29) is 18.0 Å². The minimum absolute atomic E-state index is 0.0911.